The van der Waals surface area contributed by atoms with E-state index in [1.54, 1.807) is 0 Å². The molecule has 1 amide bonds. The predicted molar refractivity (Wildman–Crippen MR) is 94.0 cm³/mol. The van der Waals surface area contributed by atoms with Gasteiger partial charge in [-0.3, -0.25) is 9.69 Å². The van der Waals surface area contributed by atoms with Crippen LogP contribution in [0.5, 0.6) is 11.5 Å². The summed E-state index contributed by atoms with van der Waals surface area (Å²) >= 11 is 0. The maximum Gasteiger partial charge on any atom is 0.234 e. The summed E-state index contributed by atoms with van der Waals surface area (Å²) in [5.41, 5.74) is -0.448. The lowest BCUT2D eigenvalue weighted by atomic mass is 9.98. The molecule has 1 fully saturated rings. The van der Waals surface area contributed by atoms with Crippen molar-refractivity contribution >= 4 is 5.91 Å². The van der Waals surface area contributed by atoms with Crippen molar-refractivity contribution in [1.82, 2.24) is 10.2 Å². The van der Waals surface area contributed by atoms with Gasteiger partial charge >= 0.3 is 0 Å². The molecular formula is C18H28N2O5. The van der Waals surface area contributed by atoms with Crippen molar-refractivity contribution in [3.63, 3.8) is 0 Å². The number of aliphatic hydroxyl groups excluding tert-OH is 1. The molecule has 1 saturated heterocycles. The SMILES string of the molecule is CCOc1ccc(OCCNC(=O)CN(C)[C@@]2(CO)CCOC2)cc1. The number of benzene rings is 1. The summed E-state index contributed by atoms with van der Waals surface area (Å²) in [5, 5.41) is 12.4. The van der Waals surface area contributed by atoms with Gasteiger partial charge < -0.3 is 24.6 Å². The predicted octanol–water partition coefficient (Wildman–Crippen LogP) is 0.664. The van der Waals surface area contributed by atoms with Gasteiger partial charge in [0.2, 0.25) is 5.91 Å². The van der Waals surface area contributed by atoms with Gasteiger partial charge in [-0.25, -0.2) is 0 Å². The minimum Gasteiger partial charge on any atom is -0.494 e. The largest absolute Gasteiger partial charge is 0.494 e. The number of hydrogen-bond donors (Lipinski definition) is 2. The molecule has 0 bridgehead atoms. The molecule has 0 aliphatic carbocycles. The molecule has 1 heterocycles. The minimum atomic E-state index is -0.448. The lowest BCUT2D eigenvalue weighted by molar-refractivity contribution is -0.124. The number of carbonyl (C=O) groups is 1. The van der Waals surface area contributed by atoms with Gasteiger partial charge in [-0.15, -0.1) is 0 Å². The first-order chi connectivity index (χ1) is 12.1. The number of nitrogens with zero attached hydrogens (tertiary/aromatic N) is 1. The molecule has 1 aromatic rings. The number of nitrogens with one attached hydrogen (secondary N) is 1. The lowest BCUT2D eigenvalue weighted by Gasteiger charge is -2.35. The molecule has 1 aliphatic rings. The van der Waals surface area contributed by atoms with Gasteiger partial charge in [0, 0.05) is 6.61 Å². The highest BCUT2D eigenvalue weighted by Crippen LogP contribution is 2.24. The van der Waals surface area contributed by atoms with Crippen LogP contribution in [0.2, 0.25) is 0 Å². The Morgan fingerprint density at radius 1 is 1.32 bits per heavy atom. The molecule has 0 spiro atoms. The molecular weight excluding hydrogens is 324 g/mol. The van der Waals surface area contributed by atoms with Crippen molar-refractivity contribution in [3.8, 4) is 11.5 Å². The summed E-state index contributed by atoms with van der Waals surface area (Å²) < 4.78 is 16.3. The quantitative estimate of drug-likeness (QED) is 0.603. The highest BCUT2D eigenvalue weighted by Gasteiger charge is 2.38. The van der Waals surface area contributed by atoms with E-state index in [9.17, 15) is 9.90 Å². The molecule has 2 rings (SSSR count). The van der Waals surface area contributed by atoms with E-state index in [4.69, 9.17) is 14.2 Å². The van der Waals surface area contributed by atoms with Crippen molar-refractivity contribution in [2.24, 2.45) is 0 Å². The summed E-state index contributed by atoms with van der Waals surface area (Å²) in [7, 11) is 1.83. The number of amides is 1. The van der Waals surface area contributed by atoms with Gasteiger partial charge in [0.1, 0.15) is 18.1 Å². The molecule has 0 unspecified atom stereocenters. The van der Waals surface area contributed by atoms with Crippen molar-refractivity contribution in [1.29, 1.82) is 0 Å². The Balaban J connectivity index is 1.66. The van der Waals surface area contributed by atoms with Crippen LogP contribution in [-0.2, 0) is 9.53 Å². The summed E-state index contributed by atoms with van der Waals surface area (Å²) in [5.74, 6) is 1.44. The molecule has 0 radical (unpaired) electrons. The van der Waals surface area contributed by atoms with E-state index in [-0.39, 0.29) is 19.1 Å². The third-order valence-electron chi connectivity index (χ3n) is 4.40. The fourth-order valence-electron chi connectivity index (χ4n) is 2.74. The number of carbonyl (C=O) groups excluding carboxylic acids is 1. The van der Waals surface area contributed by atoms with E-state index < -0.39 is 5.54 Å². The monoisotopic (exact) mass is 352 g/mol. The maximum absolute atomic E-state index is 12.0. The fourth-order valence-corrected chi connectivity index (χ4v) is 2.74. The Bertz CT molecular complexity index is 529. The van der Waals surface area contributed by atoms with Gasteiger partial charge in [-0.2, -0.15) is 0 Å². The smallest absolute Gasteiger partial charge is 0.234 e. The van der Waals surface area contributed by atoms with Crippen molar-refractivity contribution in [3.05, 3.63) is 24.3 Å². The van der Waals surface area contributed by atoms with Crippen LogP contribution in [0, 0.1) is 0 Å². The van der Waals surface area contributed by atoms with Crippen LogP contribution in [-0.4, -0.2) is 74.6 Å². The van der Waals surface area contributed by atoms with E-state index in [0.29, 0.717) is 33.0 Å². The Kier molecular flexibility index (Phi) is 7.49. The zero-order valence-corrected chi connectivity index (χ0v) is 15.0. The topological polar surface area (TPSA) is 80.3 Å². The van der Waals surface area contributed by atoms with E-state index >= 15 is 0 Å². The van der Waals surface area contributed by atoms with E-state index in [2.05, 4.69) is 5.32 Å². The summed E-state index contributed by atoms with van der Waals surface area (Å²) in [6, 6.07) is 7.38. The molecule has 2 N–H and O–H groups in total. The van der Waals surface area contributed by atoms with Gasteiger partial charge in [-0.05, 0) is 44.7 Å². The maximum atomic E-state index is 12.0. The number of ether oxygens (including phenoxy) is 3. The Morgan fingerprint density at radius 3 is 2.56 bits per heavy atom. The Hall–Kier alpha value is -1.83. The molecule has 140 valence electrons. The molecule has 1 atom stereocenters. The molecule has 0 aromatic heterocycles. The molecule has 25 heavy (non-hydrogen) atoms. The zero-order valence-electron chi connectivity index (χ0n) is 15.0. The van der Waals surface area contributed by atoms with Gasteiger partial charge in [0.05, 0.1) is 38.4 Å². The standard InChI is InChI=1S/C18H28N2O5/c1-3-24-15-4-6-16(7-5-15)25-11-9-19-17(22)12-20(2)18(13-21)8-10-23-14-18/h4-7,21H,3,8-14H2,1-2H3,(H,19,22)/t18-/m1/s1. The summed E-state index contributed by atoms with van der Waals surface area (Å²) in [6.45, 7) is 4.64. The van der Waals surface area contributed by atoms with Crippen molar-refractivity contribution < 1.29 is 24.1 Å². The molecule has 7 nitrogen and oxygen atoms in total. The van der Waals surface area contributed by atoms with Crippen molar-refractivity contribution in [2.75, 3.05) is 53.2 Å². The first-order valence-corrected chi connectivity index (χ1v) is 8.62. The van der Waals surface area contributed by atoms with E-state index in [1.165, 1.54) is 0 Å². The van der Waals surface area contributed by atoms with Gasteiger partial charge in [0.15, 0.2) is 0 Å². The van der Waals surface area contributed by atoms with Crippen LogP contribution < -0.4 is 14.8 Å². The second-order valence-electron chi connectivity index (χ2n) is 6.14. The average Bonchev–Trinajstić information content (AvgIpc) is 3.11. The second kappa shape index (κ2) is 9.60. The lowest BCUT2D eigenvalue weighted by Crippen LogP contribution is -2.53. The number of likely N-dealkylation sites (N-methyl/N-ethyl adjacent to an activating group) is 1. The Labute approximate surface area is 148 Å². The first kappa shape index (κ1) is 19.5. The van der Waals surface area contributed by atoms with Crippen molar-refractivity contribution in [2.45, 2.75) is 18.9 Å². The second-order valence-corrected chi connectivity index (χ2v) is 6.14. The zero-order chi connectivity index (χ0) is 18.1. The highest BCUT2D eigenvalue weighted by atomic mass is 16.5. The number of hydrogen-bond acceptors (Lipinski definition) is 6. The van der Waals surface area contributed by atoms with E-state index in [0.717, 1.165) is 17.9 Å². The van der Waals surface area contributed by atoms with Crippen LogP contribution in [0.1, 0.15) is 13.3 Å². The van der Waals surface area contributed by atoms with Crippen LogP contribution in [0.4, 0.5) is 0 Å². The van der Waals surface area contributed by atoms with Crippen LogP contribution in [0.3, 0.4) is 0 Å². The fraction of sp³-hybridized carbons (Fsp3) is 0.611. The van der Waals surface area contributed by atoms with Gasteiger partial charge in [0.25, 0.3) is 0 Å². The third-order valence-corrected chi connectivity index (χ3v) is 4.40. The normalized spacial score (nSPS) is 19.8. The average molecular weight is 352 g/mol. The van der Waals surface area contributed by atoms with Crippen LogP contribution in [0.25, 0.3) is 0 Å². The van der Waals surface area contributed by atoms with E-state index in [1.807, 2.05) is 43.1 Å². The van der Waals surface area contributed by atoms with Crippen LogP contribution in [0.15, 0.2) is 24.3 Å². The molecule has 7 heteroatoms. The minimum absolute atomic E-state index is 0.0162. The number of aliphatic hydroxyl groups is 1. The van der Waals surface area contributed by atoms with Gasteiger partial charge in [-0.1, -0.05) is 0 Å². The summed E-state index contributed by atoms with van der Waals surface area (Å²) in [4.78, 5) is 13.9. The third kappa shape index (κ3) is 5.59. The molecule has 1 aromatic carbocycles. The summed E-state index contributed by atoms with van der Waals surface area (Å²) in [6.07, 6.45) is 0.730. The molecule has 0 saturated carbocycles. The highest BCUT2D eigenvalue weighted by molar-refractivity contribution is 5.78. The Morgan fingerprint density at radius 2 is 2.00 bits per heavy atom. The number of rotatable bonds is 10. The first-order valence-electron chi connectivity index (χ1n) is 8.62. The van der Waals surface area contributed by atoms with Crippen LogP contribution >= 0.6 is 0 Å². The molecule has 1 aliphatic heterocycles.